The Morgan fingerprint density at radius 3 is 2.68 bits per heavy atom. The molecule has 150 valence electrons. The molecule has 0 bridgehead atoms. The fraction of sp³-hybridized carbons (Fsp3) is 0.522. The van der Waals surface area contributed by atoms with E-state index in [9.17, 15) is 9.90 Å². The predicted octanol–water partition coefficient (Wildman–Crippen LogP) is 5.24. The summed E-state index contributed by atoms with van der Waals surface area (Å²) in [5.74, 6) is -0.800. The molecule has 28 heavy (non-hydrogen) atoms. The van der Waals surface area contributed by atoms with E-state index in [1.807, 2.05) is 12.1 Å². The molecule has 2 aliphatic carbocycles. The molecule has 4 rings (SSSR count). The maximum Gasteiger partial charge on any atom is 0.337 e. The van der Waals surface area contributed by atoms with Gasteiger partial charge in [-0.2, -0.15) is 0 Å². The van der Waals surface area contributed by atoms with Gasteiger partial charge in [0.1, 0.15) is 0 Å². The largest absolute Gasteiger partial charge is 0.478 e. The van der Waals surface area contributed by atoms with E-state index >= 15 is 0 Å². The van der Waals surface area contributed by atoms with Gasteiger partial charge in [-0.3, -0.25) is 0 Å². The van der Waals surface area contributed by atoms with E-state index in [2.05, 4.69) is 37.9 Å². The maximum atomic E-state index is 12.3. The number of benzene rings is 1. The van der Waals surface area contributed by atoms with Gasteiger partial charge in [0.2, 0.25) is 0 Å². The van der Waals surface area contributed by atoms with Crippen LogP contribution < -0.4 is 4.90 Å². The van der Waals surface area contributed by atoms with E-state index < -0.39 is 5.97 Å². The van der Waals surface area contributed by atoms with Crippen molar-refractivity contribution in [3.63, 3.8) is 0 Å². The fourth-order valence-corrected chi connectivity index (χ4v) is 5.90. The molecule has 1 saturated carbocycles. The summed E-state index contributed by atoms with van der Waals surface area (Å²) in [4.78, 5) is 16.8. The number of aromatic carboxylic acids is 1. The van der Waals surface area contributed by atoms with Gasteiger partial charge in [0.05, 0.1) is 16.5 Å². The molecular weight excluding hydrogens is 370 g/mol. The summed E-state index contributed by atoms with van der Waals surface area (Å²) >= 11 is 1.69. The van der Waals surface area contributed by atoms with Crippen molar-refractivity contribution in [1.29, 1.82) is 0 Å². The van der Waals surface area contributed by atoms with Crippen LogP contribution in [-0.2, 0) is 17.6 Å². The molecule has 1 heterocycles. The van der Waals surface area contributed by atoms with Crippen molar-refractivity contribution in [2.75, 3.05) is 19.1 Å². The lowest BCUT2D eigenvalue weighted by molar-refractivity contribution is 0.0266. The van der Waals surface area contributed by atoms with Gasteiger partial charge in [-0.25, -0.2) is 4.79 Å². The first-order valence-electron chi connectivity index (χ1n) is 10.0. The van der Waals surface area contributed by atoms with Gasteiger partial charge in [0.15, 0.2) is 0 Å². The van der Waals surface area contributed by atoms with Gasteiger partial charge in [-0.1, -0.05) is 32.0 Å². The summed E-state index contributed by atoms with van der Waals surface area (Å²) < 4.78 is 5.44. The number of methoxy groups -OCH3 is 1. The number of hydrogen-bond donors (Lipinski definition) is 1. The lowest BCUT2D eigenvalue weighted by Crippen LogP contribution is -2.46. The summed E-state index contributed by atoms with van der Waals surface area (Å²) in [6.45, 7) is 4.48. The topological polar surface area (TPSA) is 49.8 Å². The quantitative estimate of drug-likeness (QED) is 0.747. The third kappa shape index (κ3) is 3.35. The number of anilines is 1. The molecule has 0 amide bonds. The number of carboxylic acids is 1. The minimum Gasteiger partial charge on any atom is -0.478 e. The van der Waals surface area contributed by atoms with Crippen LogP contribution in [0.15, 0.2) is 24.3 Å². The summed E-state index contributed by atoms with van der Waals surface area (Å²) in [5.41, 5.74) is 3.90. The molecule has 0 spiro atoms. The van der Waals surface area contributed by atoms with Crippen LogP contribution in [0.3, 0.4) is 0 Å². The van der Waals surface area contributed by atoms with Crippen LogP contribution in [0.2, 0.25) is 0 Å². The predicted molar refractivity (Wildman–Crippen MR) is 115 cm³/mol. The first-order chi connectivity index (χ1) is 13.3. The van der Waals surface area contributed by atoms with Gasteiger partial charge >= 0.3 is 5.97 Å². The second-order valence-electron chi connectivity index (χ2n) is 8.97. The number of carbonyl (C=O) groups is 1. The molecule has 1 N–H and O–H groups in total. The number of hydrogen-bond acceptors (Lipinski definition) is 4. The number of fused-ring (bicyclic) bond motifs is 1. The highest BCUT2D eigenvalue weighted by Crippen LogP contribution is 2.47. The zero-order valence-corrected chi connectivity index (χ0v) is 17.9. The Morgan fingerprint density at radius 2 is 2.00 bits per heavy atom. The molecule has 1 fully saturated rings. The lowest BCUT2D eigenvalue weighted by Gasteiger charge is -2.42. The van der Waals surface area contributed by atoms with Gasteiger partial charge in [-0.15, -0.1) is 11.3 Å². The van der Waals surface area contributed by atoms with E-state index in [-0.39, 0.29) is 5.41 Å². The van der Waals surface area contributed by atoms with Crippen molar-refractivity contribution in [3.8, 4) is 10.4 Å². The lowest BCUT2D eigenvalue weighted by atomic mass is 9.76. The smallest absolute Gasteiger partial charge is 0.337 e. The normalized spacial score (nSPS) is 23.0. The average molecular weight is 400 g/mol. The Balaban J connectivity index is 1.77. The van der Waals surface area contributed by atoms with E-state index in [0.29, 0.717) is 17.7 Å². The number of aryl methyl sites for hydroxylation is 1. The minimum atomic E-state index is -0.800. The number of carboxylic acid groups (broad SMARTS) is 1. The Kier molecular flexibility index (Phi) is 5.00. The molecule has 2 aliphatic rings. The number of nitrogens with zero attached hydrogens (tertiary/aromatic N) is 1. The number of rotatable bonds is 5. The van der Waals surface area contributed by atoms with Crippen molar-refractivity contribution in [1.82, 2.24) is 0 Å². The van der Waals surface area contributed by atoms with Crippen LogP contribution in [0, 0.1) is 5.41 Å². The third-order valence-corrected chi connectivity index (χ3v) is 7.79. The molecule has 0 atom stereocenters. The van der Waals surface area contributed by atoms with Crippen molar-refractivity contribution < 1.29 is 14.6 Å². The Hall–Kier alpha value is -1.85. The first-order valence-corrected chi connectivity index (χ1v) is 10.9. The Bertz CT molecular complexity index is 895. The van der Waals surface area contributed by atoms with Crippen molar-refractivity contribution in [2.24, 2.45) is 5.41 Å². The molecule has 1 aromatic heterocycles. The molecule has 0 radical (unpaired) electrons. The van der Waals surface area contributed by atoms with Gasteiger partial charge in [0.25, 0.3) is 0 Å². The van der Waals surface area contributed by atoms with E-state index in [0.717, 1.165) is 53.8 Å². The highest BCUT2D eigenvalue weighted by Gasteiger charge is 2.36. The fourth-order valence-electron chi connectivity index (χ4n) is 4.55. The zero-order valence-electron chi connectivity index (χ0n) is 17.1. The highest BCUT2D eigenvalue weighted by atomic mass is 32.1. The van der Waals surface area contributed by atoms with Crippen LogP contribution in [0.5, 0.6) is 0 Å². The van der Waals surface area contributed by atoms with Crippen LogP contribution >= 0.6 is 11.3 Å². The van der Waals surface area contributed by atoms with Crippen LogP contribution in [-0.4, -0.2) is 37.4 Å². The second kappa shape index (κ2) is 7.20. The second-order valence-corrected chi connectivity index (χ2v) is 10.1. The van der Waals surface area contributed by atoms with Crippen LogP contribution in [0.4, 0.5) is 5.69 Å². The van der Waals surface area contributed by atoms with E-state index in [4.69, 9.17) is 4.74 Å². The monoisotopic (exact) mass is 399 g/mol. The van der Waals surface area contributed by atoms with Gasteiger partial charge in [0, 0.05) is 36.3 Å². The van der Waals surface area contributed by atoms with E-state index in [1.165, 1.54) is 4.88 Å². The van der Waals surface area contributed by atoms with Crippen LogP contribution in [0.25, 0.3) is 10.4 Å². The van der Waals surface area contributed by atoms with Crippen molar-refractivity contribution in [3.05, 3.63) is 40.3 Å². The standard InChI is InChI=1S/C23H29NO3S/c1-23(2)10-9-19-17(13-23)20(22(25)26)21(28-19)16-7-5-6-8-18(16)24(3)14-11-15(12-14)27-4/h5-8,14-15H,9-13H2,1-4H3,(H,25,26). The number of thiophene rings is 1. The minimum absolute atomic E-state index is 0.160. The molecule has 1 aromatic carbocycles. The maximum absolute atomic E-state index is 12.3. The highest BCUT2D eigenvalue weighted by molar-refractivity contribution is 7.16. The first kappa shape index (κ1) is 19.5. The molecule has 2 aromatic rings. The Labute approximate surface area is 171 Å². The summed E-state index contributed by atoms with van der Waals surface area (Å²) in [6.07, 6.45) is 5.30. The molecule has 0 saturated heterocycles. The van der Waals surface area contributed by atoms with Crippen molar-refractivity contribution in [2.45, 2.75) is 58.1 Å². The SMILES string of the molecule is COC1CC(N(C)c2ccccc2-c2sc3c(c2C(=O)O)CC(C)(C)CC3)C1. The Morgan fingerprint density at radius 1 is 1.29 bits per heavy atom. The summed E-state index contributed by atoms with van der Waals surface area (Å²) in [7, 11) is 3.89. The van der Waals surface area contributed by atoms with Gasteiger partial charge in [-0.05, 0) is 49.1 Å². The molecule has 5 heteroatoms. The van der Waals surface area contributed by atoms with E-state index in [1.54, 1.807) is 18.4 Å². The van der Waals surface area contributed by atoms with Gasteiger partial charge < -0.3 is 14.7 Å². The summed E-state index contributed by atoms with van der Waals surface area (Å²) in [5, 5.41) is 10.1. The zero-order chi connectivity index (χ0) is 20.1. The number of para-hydroxylation sites is 1. The van der Waals surface area contributed by atoms with Crippen LogP contribution in [0.1, 0.15) is 53.9 Å². The van der Waals surface area contributed by atoms with Crippen molar-refractivity contribution >= 4 is 23.0 Å². The average Bonchev–Trinajstić information content (AvgIpc) is 2.98. The summed E-state index contributed by atoms with van der Waals surface area (Å²) in [6, 6.07) is 8.68. The number of ether oxygens (including phenoxy) is 1. The third-order valence-electron chi connectivity index (χ3n) is 6.47. The molecule has 4 nitrogen and oxygen atoms in total. The molecular formula is C23H29NO3S. The molecule has 0 aliphatic heterocycles. The molecule has 0 unspecified atom stereocenters.